The van der Waals surface area contributed by atoms with Crippen molar-refractivity contribution >= 4 is 17.5 Å². The highest BCUT2D eigenvalue weighted by Crippen LogP contribution is 2.24. The number of carbonyl (C=O) groups excluding carboxylic acids is 2. The van der Waals surface area contributed by atoms with E-state index < -0.39 is 0 Å². The van der Waals surface area contributed by atoms with E-state index in [2.05, 4.69) is 5.32 Å². The number of anilines is 1. The monoisotopic (exact) mass is 261 g/mol. The van der Waals surface area contributed by atoms with E-state index in [1.807, 2.05) is 18.2 Å². The highest BCUT2D eigenvalue weighted by atomic mass is 16.2. The average Bonchev–Trinajstić information content (AvgIpc) is 2.75. The maximum Gasteiger partial charge on any atom is 0.228 e. The van der Waals surface area contributed by atoms with Crippen molar-refractivity contribution in [1.29, 1.82) is 0 Å². The van der Waals surface area contributed by atoms with E-state index in [0.29, 0.717) is 25.9 Å². The van der Waals surface area contributed by atoms with Crippen molar-refractivity contribution in [2.45, 2.75) is 19.3 Å². The molecule has 1 aromatic carbocycles. The summed E-state index contributed by atoms with van der Waals surface area (Å²) in [5.74, 6) is 0.114. The molecule has 0 fully saturated rings. The topological polar surface area (TPSA) is 75.4 Å². The summed E-state index contributed by atoms with van der Waals surface area (Å²) in [4.78, 5) is 24.5. The summed E-state index contributed by atoms with van der Waals surface area (Å²) < 4.78 is 0. The largest absolute Gasteiger partial charge is 0.345 e. The summed E-state index contributed by atoms with van der Waals surface area (Å²) in [7, 11) is 1.79. The third kappa shape index (κ3) is 3.32. The third-order valence-electron chi connectivity index (χ3n) is 3.31. The van der Waals surface area contributed by atoms with Gasteiger partial charge in [0.25, 0.3) is 0 Å². The summed E-state index contributed by atoms with van der Waals surface area (Å²) in [6.45, 7) is 1.05. The minimum absolute atomic E-state index is 0.0439. The number of carbonyl (C=O) groups is 2. The first-order valence-corrected chi connectivity index (χ1v) is 6.46. The molecule has 1 heterocycles. The van der Waals surface area contributed by atoms with Crippen LogP contribution in [0.1, 0.15) is 17.5 Å². The van der Waals surface area contributed by atoms with Gasteiger partial charge in [0, 0.05) is 32.2 Å². The molecule has 2 rings (SSSR count). The average molecular weight is 261 g/mol. The standard InChI is InChI=1S/C14H19N3O2/c1-17(14(19)4-6-15)7-5-10-2-3-12-11(8-10)9-13(18)16-12/h2-3,8H,4-7,9,15H2,1H3,(H,16,18). The Morgan fingerprint density at radius 1 is 1.47 bits per heavy atom. The predicted molar refractivity (Wildman–Crippen MR) is 73.8 cm³/mol. The van der Waals surface area contributed by atoms with Gasteiger partial charge in [0.15, 0.2) is 0 Å². The first kappa shape index (κ1) is 13.5. The molecule has 3 N–H and O–H groups in total. The molecule has 1 aromatic rings. The molecule has 0 aromatic heterocycles. The van der Waals surface area contributed by atoms with E-state index in [9.17, 15) is 9.59 Å². The lowest BCUT2D eigenvalue weighted by Gasteiger charge is -2.16. The minimum atomic E-state index is 0.0439. The van der Waals surface area contributed by atoms with E-state index in [0.717, 1.165) is 23.2 Å². The molecule has 0 unspecified atom stereocenters. The zero-order chi connectivity index (χ0) is 13.8. The number of rotatable bonds is 5. The third-order valence-corrected chi connectivity index (χ3v) is 3.31. The van der Waals surface area contributed by atoms with Gasteiger partial charge in [-0.1, -0.05) is 12.1 Å². The van der Waals surface area contributed by atoms with Gasteiger partial charge in [0.05, 0.1) is 6.42 Å². The summed E-state index contributed by atoms with van der Waals surface area (Å²) in [6, 6.07) is 5.96. The van der Waals surface area contributed by atoms with Crippen molar-refractivity contribution in [1.82, 2.24) is 4.90 Å². The van der Waals surface area contributed by atoms with Crippen LogP contribution in [-0.4, -0.2) is 36.9 Å². The maximum atomic E-state index is 11.6. The Kier molecular flexibility index (Phi) is 4.16. The molecular formula is C14H19N3O2. The highest BCUT2D eigenvalue weighted by molar-refractivity contribution is 5.99. The second-order valence-corrected chi connectivity index (χ2v) is 4.82. The molecule has 0 aliphatic carbocycles. The van der Waals surface area contributed by atoms with Crippen LogP contribution in [0.5, 0.6) is 0 Å². The molecule has 5 heteroatoms. The molecule has 2 amide bonds. The zero-order valence-electron chi connectivity index (χ0n) is 11.1. The fourth-order valence-corrected chi connectivity index (χ4v) is 2.17. The minimum Gasteiger partial charge on any atom is -0.345 e. The number of nitrogens with zero attached hydrogens (tertiary/aromatic N) is 1. The van der Waals surface area contributed by atoms with Gasteiger partial charge in [-0.3, -0.25) is 9.59 Å². The van der Waals surface area contributed by atoms with Crippen molar-refractivity contribution in [3.05, 3.63) is 29.3 Å². The molecule has 0 saturated heterocycles. The van der Waals surface area contributed by atoms with Crippen molar-refractivity contribution in [2.75, 3.05) is 25.5 Å². The number of fused-ring (bicyclic) bond motifs is 1. The zero-order valence-corrected chi connectivity index (χ0v) is 11.1. The van der Waals surface area contributed by atoms with Gasteiger partial charge in [0.2, 0.25) is 11.8 Å². The lowest BCUT2D eigenvalue weighted by atomic mass is 10.1. The van der Waals surface area contributed by atoms with Crippen molar-refractivity contribution in [3.8, 4) is 0 Å². The van der Waals surface area contributed by atoms with E-state index in [4.69, 9.17) is 5.73 Å². The lowest BCUT2D eigenvalue weighted by Crippen LogP contribution is -2.30. The van der Waals surface area contributed by atoms with Gasteiger partial charge >= 0.3 is 0 Å². The van der Waals surface area contributed by atoms with Crippen LogP contribution in [0.3, 0.4) is 0 Å². The predicted octanol–water partition coefficient (Wildman–Crippen LogP) is 0.531. The summed E-state index contributed by atoms with van der Waals surface area (Å²) in [6.07, 6.45) is 1.62. The van der Waals surface area contributed by atoms with Crippen LogP contribution in [0.2, 0.25) is 0 Å². The second-order valence-electron chi connectivity index (χ2n) is 4.82. The number of likely N-dealkylation sites (N-methyl/N-ethyl adjacent to an activating group) is 1. The Labute approximate surface area is 112 Å². The normalized spacial score (nSPS) is 13.1. The van der Waals surface area contributed by atoms with Gasteiger partial charge in [-0.15, -0.1) is 0 Å². The number of nitrogens with one attached hydrogen (secondary N) is 1. The van der Waals surface area contributed by atoms with Crippen molar-refractivity contribution in [3.63, 3.8) is 0 Å². The second kappa shape index (κ2) is 5.84. The first-order chi connectivity index (χ1) is 9.10. The molecule has 0 atom stereocenters. The van der Waals surface area contributed by atoms with Crippen molar-refractivity contribution in [2.24, 2.45) is 5.73 Å². The van der Waals surface area contributed by atoms with E-state index >= 15 is 0 Å². The first-order valence-electron chi connectivity index (χ1n) is 6.46. The maximum absolute atomic E-state index is 11.6. The van der Waals surface area contributed by atoms with Crippen LogP contribution < -0.4 is 11.1 Å². The summed E-state index contributed by atoms with van der Waals surface area (Å²) in [5, 5.41) is 2.81. The Morgan fingerprint density at radius 2 is 2.26 bits per heavy atom. The Morgan fingerprint density at radius 3 is 3.00 bits per heavy atom. The molecule has 0 radical (unpaired) electrons. The van der Waals surface area contributed by atoms with Gasteiger partial charge < -0.3 is 16.0 Å². The smallest absolute Gasteiger partial charge is 0.228 e. The molecule has 1 aliphatic rings. The van der Waals surface area contributed by atoms with Crippen LogP contribution >= 0.6 is 0 Å². The molecule has 102 valence electrons. The van der Waals surface area contributed by atoms with E-state index in [-0.39, 0.29) is 11.8 Å². The molecule has 19 heavy (non-hydrogen) atoms. The SMILES string of the molecule is CN(CCc1ccc2c(c1)CC(=O)N2)C(=O)CCN. The molecule has 5 nitrogen and oxygen atoms in total. The molecule has 0 saturated carbocycles. The summed E-state index contributed by atoms with van der Waals surface area (Å²) >= 11 is 0. The van der Waals surface area contributed by atoms with Gasteiger partial charge in [-0.25, -0.2) is 0 Å². The van der Waals surface area contributed by atoms with Gasteiger partial charge in [-0.05, 0) is 23.6 Å². The lowest BCUT2D eigenvalue weighted by molar-refractivity contribution is -0.129. The van der Waals surface area contributed by atoms with E-state index in [1.54, 1.807) is 11.9 Å². The van der Waals surface area contributed by atoms with Crippen LogP contribution in [0.25, 0.3) is 0 Å². The fourth-order valence-electron chi connectivity index (χ4n) is 2.17. The summed E-state index contributed by atoms with van der Waals surface area (Å²) in [5.41, 5.74) is 8.45. The number of benzene rings is 1. The molecular weight excluding hydrogens is 242 g/mol. The van der Waals surface area contributed by atoms with Crippen LogP contribution in [0, 0.1) is 0 Å². The van der Waals surface area contributed by atoms with E-state index in [1.165, 1.54) is 0 Å². The Bertz CT molecular complexity index is 499. The number of amides is 2. The molecule has 1 aliphatic heterocycles. The van der Waals surface area contributed by atoms with Crippen molar-refractivity contribution < 1.29 is 9.59 Å². The Hall–Kier alpha value is -1.88. The molecule has 0 spiro atoms. The van der Waals surface area contributed by atoms with Crippen LogP contribution in [-0.2, 0) is 22.4 Å². The highest BCUT2D eigenvalue weighted by Gasteiger charge is 2.17. The van der Waals surface area contributed by atoms with Gasteiger partial charge in [0.1, 0.15) is 0 Å². The fraction of sp³-hybridized carbons (Fsp3) is 0.429. The number of hydrogen-bond acceptors (Lipinski definition) is 3. The van der Waals surface area contributed by atoms with Crippen LogP contribution in [0.4, 0.5) is 5.69 Å². The van der Waals surface area contributed by atoms with Crippen LogP contribution in [0.15, 0.2) is 18.2 Å². The Balaban J connectivity index is 1.92. The number of nitrogens with two attached hydrogens (primary N) is 1. The number of hydrogen-bond donors (Lipinski definition) is 2. The van der Waals surface area contributed by atoms with Gasteiger partial charge in [-0.2, -0.15) is 0 Å². The molecule has 0 bridgehead atoms. The quantitative estimate of drug-likeness (QED) is 0.812.